The monoisotopic (exact) mass is 671 g/mol. The van der Waals surface area contributed by atoms with Gasteiger partial charge in [0.05, 0.1) is 10.6 Å². The van der Waals surface area contributed by atoms with Crippen LogP contribution in [0.5, 0.6) is 0 Å². The summed E-state index contributed by atoms with van der Waals surface area (Å²) in [6.45, 7) is 3.22. The van der Waals surface area contributed by atoms with E-state index < -0.39 is 28.5 Å². The fourth-order valence-electron chi connectivity index (χ4n) is 6.10. The Morgan fingerprint density at radius 1 is 0.830 bits per heavy atom. The molecule has 47 heavy (non-hydrogen) atoms. The predicted molar refractivity (Wildman–Crippen MR) is 188 cm³/mol. The van der Waals surface area contributed by atoms with Crippen LogP contribution in [0, 0.1) is 13.8 Å². The molecule has 0 spiro atoms. The molecular formula is C38H42ClN3O4S. The third-order valence-electron chi connectivity index (χ3n) is 8.79. The van der Waals surface area contributed by atoms with E-state index in [0.29, 0.717) is 21.8 Å². The molecule has 0 saturated heterocycles. The molecule has 1 aliphatic carbocycles. The molecule has 9 heteroatoms. The molecule has 0 aliphatic heterocycles. The molecular weight excluding hydrogens is 630 g/mol. The first-order chi connectivity index (χ1) is 22.6. The summed E-state index contributed by atoms with van der Waals surface area (Å²) in [5.41, 5.74) is 3.56. The molecule has 0 heterocycles. The summed E-state index contributed by atoms with van der Waals surface area (Å²) in [6, 6.07) is 29.6. The number of nitrogens with zero attached hydrogens (tertiary/aromatic N) is 2. The van der Waals surface area contributed by atoms with Crippen LogP contribution in [-0.4, -0.2) is 43.8 Å². The maximum Gasteiger partial charge on any atom is 0.264 e. The largest absolute Gasteiger partial charge is 0.352 e. The van der Waals surface area contributed by atoms with Crippen molar-refractivity contribution in [2.75, 3.05) is 10.8 Å². The Morgan fingerprint density at radius 3 is 2.15 bits per heavy atom. The van der Waals surface area contributed by atoms with Crippen molar-refractivity contribution in [1.82, 2.24) is 10.2 Å². The number of para-hydroxylation sites is 1. The number of nitrogens with one attached hydrogen (secondary N) is 1. The summed E-state index contributed by atoms with van der Waals surface area (Å²) in [5.74, 6) is -0.770. The number of hydrogen-bond donors (Lipinski definition) is 1. The number of anilines is 1. The Morgan fingerprint density at radius 2 is 1.47 bits per heavy atom. The topological polar surface area (TPSA) is 86.8 Å². The first-order valence-corrected chi connectivity index (χ1v) is 18.0. The smallest absolute Gasteiger partial charge is 0.264 e. The molecule has 1 aliphatic rings. The van der Waals surface area contributed by atoms with Gasteiger partial charge in [-0.15, -0.1) is 0 Å². The molecule has 246 valence electrons. The minimum absolute atomic E-state index is 0.0252. The van der Waals surface area contributed by atoms with Gasteiger partial charge in [0.15, 0.2) is 0 Å². The van der Waals surface area contributed by atoms with E-state index >= 15 is 0 Å². The quantitative estimate of drug-likeness (QED) is 0.172. The van der Waals surface area contributed by atoms with E-state index in [1.165, 1.54) is 4.90 Å². The first-order valence-electron chi connectivity index (χ1n) is 16.2. The summed E-state index contributed by atoms with van der Waals surface area (Å²) in [7, 11) is -4.17. The van der Waals surface area contributed by atoms with Crippen molar-refractivity contribution in [3.05, 3.63) is 130 Å². The minimum Gasteiger partial charge on any atom is -0.352 e. The summed E-state index contributed by atoms with van der Waals surface area (Å²) in [5, 5.41) is 3.69. The Kier molecular flexibility index (Phi) is 11.4. The molecule has 2 amide bonds. The molecule has 5 rings (SSSR count). The van der Waals surface area contributed by atoms with Crippen molar-refractivity contribution in [2.24, 2.45) is 0 Å². The molecule has 1 atom stereocenters. The Hall–Kier alpha value is -4.14. The number of carbonyl (C=O) groups excluding carboxylic acids is 2. The first kappa shape index (κ1) is 34.2. The summed E-state index contributed by atoms with van der Waals surface area (Å²) < 4.78 is 29.7. The number of hydrogen-bond acceptors (Lipinski definition) is 4. The van der Waals surface area contributed by atoms with Crippen LogP contribution < -0.4 is 9.62 Å². The van der Waals surface area contributed by atoms with Crippen molar-refractivity contribution >= 4 is 39.1 Å². The Labute approximate surface area is 283 Å². The predicted octanol–water partition coefficient (Wildman–Crippen LogP) is 7.24. The maximum atomic E-state index is 14.7. The molecule has 1 saturated carbocycles. The van der Waals surface area contributed by atoms with Gasteiger partial charge in [-0.1, -0.05) is 115 Å². The van der Waals surface area contributed by atoms with Gasteiger partial charge in [-0.25, -0.2) is 8.42 Å². The van der Waals surface area contributed by atoms with Crippen LogP contribution in [0.3, 0.4) is 0 Å². The van der Waals surface area contributed by atoms with Gasteiger partial charge in [0.1, 0.15) is 12.6 Å². The van der Waals surface area contributed by atoms with Gasteiger partial charge in [-0.3, -0.25) is 13.9 Å². The van der Waals surface area contributed by atoms with Crippen LogP contribution in [0.15, 0.2) is 108 Å². The zero-order valence-electron chi connectivity index (χ0n) is 26.9. The fraction of sp³-hybridized carbons (Fsp3) is 0.316. The van der Waals surface area contributed by atoms with Crippen LogP contribution in [0.2, 0.25) is 5.02 Å². The third kappa shape index (κ3) is 8.62. The van der Waals surface area contributed by atoms with Crippen molar-refractivity contribution in [3.63, 3.8) is 0 Å². The van der Waals surface area contributed by atoms with E-state index in [2.05, 4.69) is 5.32 Å². The molecule has 0 radical (unpaired) electrons. The summed E-state index contributed by atoms with van der Waals surface area (Å²) in [6.07, 6.45) is 5.25. The highest BCUT2D eigenvalue weighted by Crippen LogP contribution is 2.29. The van der Waals surface area contributed by atoms with Gasteiger partial charge in [0.2, 0.25) is 11.8 Å². The van der Waals surface area contributed by atoms with Gasteiger partial charge in [-0.2, -0.15) is 0 Å². The number of aryl methyl sites for hydroxylation is 2. The lowest BCUT2D eigenvalue weighted by atomic mass is 9.94. The number of benzene rings is 4. The van der Waals surface area contributed by atoms with Crippen LogP contribution in [-0.2, 0) is 32.6 Å². The van der Waals surface area contributed by atoms with E-state index in [1.54, 1.807) is 42.5 Å². The number of rotatable bonds is 12. The lowest BCUT2D eigenvalue weighted by Gasteiger charge is -2.35. The van der Waals surface area contributed by atoms with Crippen molar-refractivity contribution in [1.29, 1.82) is 0 Å². The number of halogens is 1. The van der Waals surface area contributed by atoms with Gasteiger partial charge >= 0.3 is 0 Å². The van der Waals surface area contributed by atoms with Crippen LogP contribution in [0.1, 0.15) is 54.4 Å². The second-order valence-corrected chi connectivity index (χ2v) is 14.5. The van der Waals surface area contributed by atoms with Gasteiger partial charge in [-0.05, 0) is 67.6 Å². The molecule has 0 bridgehead atoms. The number of carbonyl (C=O) groups is 2. The Bertz CT molecular complexity index is 1770. The highest BCUT2D eigenvalue weighted by Gasteiger charge is 2.36. The second kappa shape index (κ2) is 15.6. The molecule has 0 aromatic heterocycles. The fourth-order valence-corrected chi connectivity index (χ4v) is 7.78. The lowest BCUT2D eigenvalue weighted by Crippen LogP contribution is -2.55. The molecule has 1 fully saturated rings. The zero-order chi connectivity index (χ0) is 33.4. The summed E-state index contributed by atoms with van der Waals surface area (Å²) >= 11 is 6.62. The normalized spacial score (nSPS) is 14.3. The van der Waals surface area contributed by atoms with Crippen LogP contribution in [0.4, 0.5) is 5.69 Å². The lowest BCUT2D eigenvalue weighted by molar-refractivity contribution is -0.140. The van der Waals surface area contributed by atoms with E-state index in [-0.39, 0.29) is 29.8 Å². The van der Waals surface area contributed by atoms with Crippen molar-refractivity contribution in [3.8, 4) is 0 Å². The van der Waals surface area contributed by atoms with E-state index in [9.17, 15) is 18.0 Å². The summed E-state index contributed by atoms with van der Waals surface area (Å²) in [4.78, 5) is 30.5. The average molecular weight is 672 g/mol. The van der Waals surface area contributed by atoms with Gasteiger partial charge in [0.25, 0.3) is 10.0 Å². The molecule has 1 N–H and O–H groups in total. The third-order valence-corrected chi connectivity index (χ3v) is 10.9. The van der Waals surface area contributed by atoms with E-state index in [1.807, 2.05) is 74.5 Å². The van der Waals surface area contributed by atoms with E-state index in [4.69, 9.17) is 11.6 Å². The van der Waals surface area contributed by atoms with Crippen LogP contribution >= 0.6 is 11.6 Å². The van der Waals surface area contributed by atoms with Crippen molar-refractivity contribution in [2.45, 2.75) is 75.9 Å². The average Bonchev–Trinajstić information content (AvgIpc) is 3.07. The van der Waals surface area contributed by atoms with Gasteiger partial charge in [0, 0.05) is 24.0 Å². The minimum atomic E-state index is -4.17. The molecule has 4 aromatic rings. The van der Waals surface area contributed by atoms with Crippen LogP contribution in [0.25, 0.3) is 0 Å². The number of sulfonamides is 1. The van der Waals surface area contributed by atoms with E-state index in [0.717, 1.165) is 47.5 Å². The standard InChI is InChI=1S/C38H42ClN3O4S/c1-28-21-23-33(24-22-28)47(45,46)42(35-20-12-9-13-29(35)2)27-37(43)41(26-31-16-10-11-19-34(31)39)36(25-30-14-5-3-6-15-30)38(44)40-32-17-7-4-8-18-32/h3,5-6,9-16,19-24,32,36H,4,7-8,17-18,25-27H2,1-2H3,(H,40,44). The highest BCUT2D eigenvalue weighted by molar-refractivity contribution is 7.92. The van der Waals surface area contributed by atoms with Crippen molar-refractivity contribution < 1.29 is 18.0 Å². The SMILES string of the molecule is Cc1ccc(S(=O)(=O)N(CC(=O)N(Cc2ccccc2Cl)C(Cc2ccccc2)C(=O)NC2CCCCC2)c2ccccc2C)cc1. The van der Waals surface area contributed by atoms with Gasteiger partial charge < -0.3 is 10.2 Å². The molecule has 4 aromatic carbocycles. The molecule has 1 unspecified atom stereocenters. The zero-order valence-corrected chi connectivity index (χ0v) is 28.5. The highest BCUT2D eigenvalue weighted by atomic mass is 35.5. The number of amides is 2. The Balaban J connectivity index is 1.58. The molecule has 7 nitrogen and oxygen atoms in total. The second-order valence-electron chi connectivity index (χ2n) is 12.3. The maximum absolute atomic E-state index is 14.7.